The Morgan fingerprint density at radius 3 is 2.23 bits per heavy atom. The lowest BCUT2D eigenvalue weighted by Gasteiger charge is -2.16. The zero-order valence-corrected chi connectivity index (χ0v) is 12.5. The van der Waals surface area contributed by atoms with Gasteiger partial charge < -0.3 is 19.3 Å². The van der Waals surface area contributed by atoms with Gasteiger partial charge in [0.05, 0.1) is 14.2 Å². The average Bonchev–Trinajstić information content (AvgIpc) is 2.55. The van der Waals surface area contributed by atoms with E-state index < -0.39 is 12.1 Å². The first-order valence-corrected chi connectivity index (χ1v) is 6.79. The van der Waals surface area contributed by atoms with Gasteiger partial charge in [-0.1, -0.05) is 18.2 Å². The molecule has 0 aliphatic rings. The maximum absolute atomic E-state index is 11.4. The van der Waals surface area contributed by atoms with Crippen LogP contribution in [0, 0.1) is 0 Å². The van der Waals surface area contributed by atoms with E-state index in [9.17, 15) is 9.90 Å². The van der Waals surface area contributed by atoms with Gasteiger partial charge in [-0.3, -0.25) is 0 Å². The van der Waals surface area contributed by atoms with E-state index in [1.807, 2.05) is 12.1 Å². The minimum Gasteiger partial charge on any atom is -0.497 e. The Morgan fingerprint density at radius 1 is 1.00 bits per heavy atom. The molecule has 0 heterocycles. The number of rotatable bonds is 7. The summed E-state index contributed by atoms with van der Waals surface area (Å²) in [6, 6.07) is 14.1. The molecular weight excluding hydrogens is 284 g/mol. The SMILES string of the molecule is COc1ccc(C[C@H](Oc2cccc(OC)c2)C(=O)O)cc1. The first-order chi connectivity index (χ1) is 10.6. The van der Waals surface area contributed by atoms with Crippen molar-refractivity contribution in [2.75, 3.05) is 14.2 Å². The van der Waals surface area contributed by atoms with Crippen LogP contribution in [-0.4, -0.2) is 31.4 Å². The predicted molar refractivity (Wildman–Crippen MR) is 81.7 cm³/mol. The molecule has 5 heteroatoms. The van der Waals surface area contributed by atoms with E-state index in [-0.39, 0.29) is 6.42 Å². The number of aliphatic carboxylic acids is 1. The van der Waals surface area contributed by atoms with E-state index in [2.05, 4.69) is 0 Å². The quantitative estimate of drug-likeness (QED) is 0.852. The summed E-state index contributed by atoms with van der Waals surface area (Å²) >= 11 is 0. The highest BCUT2D eigenvalue weighted by Crippen LogP contribution is 2.21. The van der Waals surface area contributed by atoms with Crippen molar-refractivity contribution in [3.8, 4) is 17.2 Å². The second-order valence-electron chi connectivity index (χ2n) is 4.68. The van der Waals surface area contributed by atoms with E-state index in [1.54, 1.807) is 50.6 Å². The van der Waals surface area contributed by atoms with Gasteiger partial charge in [0.1, 0.15) is 17.2 Å². The van der Waals surface area contributed by atoms with Gasteiger partial charge in [0.2, 0.25) is 0 Å². The van der Waals surface area contributed by atoms with E-state index in [1.165, 1.54) is 0 Å². The Kier molecular flexibility index (Phi) is 5.25. The maximum atomic E-state index is 11.4. The summed E-state index contributed by atoms with van der Waals surface area (Å²) in [6.45, 7) is 0. The lowest BCUT2D eigenvalue weighted by molar-refractivity contribution is -0.145. The molecule has 0 amide bonds. The molecule has 116 valence electrons. The largest absolute Gasteiger partial charge is 0.497 e. The van der Waals surface area contributed by atoms with Crippen molar-refractivity contribution in [3.05, 3.63) is 54.1 Å². The van der Waals surface area contributed by atoms with Gasteiger partial charge >= 0.3 is 5.97 Å². The molecule has 0 aromatic heterocycles. The van der Waals surface area contributed by atoms with Gasteiger partial charge in [0.25, 0.3) is 0 Å². The van der Waals surface area contributed by atoms with Crippen LogP contribution in [0.4, 0.5) is 0 Å². The third-order valence-corrected chi connectivity index (χ3v) is 3.18. The molecule has 1 N–H and O–H groups in total. The molecule has 2 aromatic carbocycles. The number of hydrogen-bond acceptors (Lipinski definition) is 4. The highest BCUT2D eigenvalue weighted by atomic mass is 16.5. The van der Waals surface area contributed by atoms with Crippen molar-refractivity contribution in [1.29, 1.82) is 0 Å². The molecule has 0 saturated heterocycles. The fourth-order valence-corrected chi connectivity index (χ4v) is 1.99. The molecule has 0 spiro atoms. The smallest absolute Gasteiger partial charge is 0.345 e. The molecule has 1 atom stereocenters. The minimum absolute atomic E-state index is 0.260. The van der Waals surface area contributed by atoms with Gasteiger partial charge in [-0.05, 0) is 29.8 Å². The number of methoxy groups -OCH3 is 2. The third-order valence-electron chi connectivity index (χ3n) is 3.18. The van der Waals surface area contributed by atoms with Crippen LogP contribution in [-0.2, 0) is 11.2 Å². The molecule has 5 nitrogen and oxygen atoms in total. The zero-order valence-electron chi connectivity index (χ0n) is 12.5. The Hall–Kier alpha value is -2.69. The van der Waals surface area contributed by atoms with Crippen molar-refractivity contribution in [3.63, 3.8) is 0 Å². The first kappa shape index (κ1) is 15.7. The summed E-state index contributed by atoms with van der Waals surface area (Å²) < 4.78 is 15.7. The van der Waals surface area contributed by atoms with Crippen LogP contribution in [0.1, 0.15) is 5.56 Å². The molecule has 22 heavy (non-hydrogen) atoms. The van der Waals surface area contributed by atoms with Crippen LogP contribution in [0.25, 0.3) is 0 Å². The van der Waals surface area contributed by atoms with Crippen LogP contribution in [0.15, 0.2) is 48.5 Å². The molecule has 0 aliphatic carbocycles. The fourth-order valence-electron chi connectivity index (χ4n) is 1.99. The first-order valence-electron chi connectivity index (χ1n) is 6.79. The summed E-state index contributed by atoms with van der Waals surface area (Å²) in [7, 11) is 3.13. The van der Waals surface area contributed by atoms with E-state index in [0.717, 1.165) is 11.3 Å². The Labute approximate surface area is 129 Å². The normalized spacial score (nSPS) is 11.5. The third kappa shape index (κ3) is 4.15. The van der Waals surface area contributed by atoms with Gasteiger partial charge in [-0.25, -0.2) is 4.79 Å². The summed E-state index contributed by atoms with van der Waals surface area (Å²) in [4.78, 5) is 11.4. The standard InChI is InChI=1S/C17H18O5/c1-20-13-8-6-12(7-9-13)10-16(17(18)19)22-15-5-3-4-14(11-15)21-2/h3-9,11,16H,10H2,1-2H3,(H,18,19)/t16-/m0/s1. The van der Waals surface area contributed by atoms with Gasteiger partial charge in [-0.15, -0.1) is 0 Å². The van der Waals surface area contributed by atoms with Crippen LogP contribution in [0.2, 0.25) is 0 Å². The summed E-state index contributed by atoms with van der Waals surface area (Å²) in [6.07, 6.45) is -0.711. The molecule has 0 bridgehead atoms. The Balaban J connectivity index is 2.10. The number of ether oxygens (including phenoxy) is 3. The van der Waals surface area contributed by atoms with Gasteiger partial charge in [0, 0.05) is 12.5 Å². The molecule has 2 aromatic rings. The Bertz CT molecular complexity index is 621. The lowest BCUT2D eigenvalue weighted by Crippen LogP contribution is -2.29. The lowest BCUT2D eigenvalue weighted by atomic mass is 10.1. The van der Waals surface area contributed by atoms with Gasteiger partial charge in [-0.2, -0.15) is 0 Å². The van der Waals surface area contributed by atoms with E-state index in [4.69, 9.17) is 14.2 Å². The molecule has 0 radical (unpaired) electrons. The number of carboxylic acids is 1. The van der Waals surface area contributed by atoms with Gasteiger partial charge in [0.15, 0.2) is 6.10 Å². The van der Waals surface area contributed by atoms with Crippen molar-refractivity contribution in [2.45, 2.75) is 12.5 Å². The Morgan fingerprint density at radius 2 is 1.64 bits per heavy atom. The highest BCUT2D eigenvalue weighted by Gasteiger charge is 2.20. The molecule has 0 saturated carbocycles. The summed E-state index contributed by atoms with van der Waals surface area (Å²) in [5.74, 6) is 0.786. The van der Waals surface area contributed by atoms with Crippen LogP contribution in [0.5, 0.6) is 17.2 Å². The number of hydrogen-bond donors (Lipinski definition) is 1. The molecular formula is C17H18O5. The second kappa shape index (κ2) is 7.36. The molecule has 0 fully saturated rings. The molecule has 0 aliphatic heterocycles. The van der Waals surface area contributed by atoms with Crippen molar-refractivity contribution in [1.82, 2.24) is 0 Å². The van der Waals surface area contributed by atoms with Crippen LogP contribution >= 0.6 is 0 Å². The van der Waals surface area contributed by atoms with Crippen LogP contribution < -0.4 is 14.2 Å². The monoisotopic (exact) mass is 302 g/mol. The topological polar surface area (TPSA) is 65.0 Å². The second-order valence-corrected chi connectivity index (χ2v) is 4.68. The van der Waals surface area contributed by atoms with Crippen LogP contribution in [0.3, 0.4) is 0 Å². The van der Waals surface area contributed by atoms with Crippen molar-refractivity contribution in [2.24, 2.45) is 0 Å². The average molecular weight is 302 g/mol. The van der Waals surface area contributed by atoms with Crippen molar-refractivity contribution >= 4 is 5.97 Å². The minimum atomic E-state index is -1.02. The predicted octanol–water partition coefficient (Wildman–Crippen LogP) is 2.78. The zero-order chi connectivity index (χ0) is 15.9. The highest BCUT2D eigenvalue weighted by molar-refractivity contribution is 5.73. The van der Waals surface area contributed by atoms with Crippen molar-refractivity contribution < 1.29 is 24.1 Å². The van der Waals surface area contributed by atoms with E-state index in [0.29, 0.717) is 11.5 Å². The fraction of sp³-hybridized carbons (Fsp3) is 0.235. The number of carbonyl (C=O) groups is 1. The summed E-state index contributed by atoms with van der Waals surface area (Å²) in [5, 5.41) is 9.34. The molecule has 2 rings (SSSR count). The number of carboxylic acid groups (broad SMARTS) is 1. The number of benzene rings is 2. The summed E-state index contributed by atoms with van der Waals surface area (Å²) in [5.41, 5.74) is 0.857. The molecule has 0 unspecified atom stereocenters. The maximum Gasteiger partial charge on any atom is 0.345 e. The van der Waals surface area contributed by atoms with E-state index >= 15 is 0 Å².